The summed E-state index contributed by atoms with van der Waals surface area (Å²) in [7, 11) is 0. The van der Waals surface area contributed by atoms with Crippen molar-refractivity contribution in [3.63, 3.8) is 0 Å². The predicted octanol–water partition coefficient (Wildman–Crippen LogP) is 5.35. The van der Waals surface area contributed by atoms with Gasteiger partial charge in [-0.05, 0) is 44.8 Å². The van der Waals surface area contributed by atoms with Crippen LogP contribution in [0.1, 0.15) is 5.56 Å². The Morgan fingerprint density at radius 1 is 1.19 bits per heavy atom. The summed E-state index contributed by atoms with van der Waals surface area (Å²) in [5.74, 6) is 0.539. The minimum Gasteiger partial charge on any atom is -0.215 e. The second-order valence-electron chi connectivity index (χ2n) is 2.99. The monoisotopic (exact) mass is 400 g/mol. The fraction of sp³-hybridized carbons (Fsp3) is 0.111. The van der Waals surface area contributed by atoms with E-state index in [-0.39, 0.29) is 0 Å². The van der Waals surface area contributed by atoms with Crippen LogP contribution in [-0.2, 0) is 0 Å². The van der Waals surface area contributed by atoms with E-state index in [9.17, 15) is 0 Å². The third-order valence-corrected chi connectivity index (χ3v) is 5.88. The molecule has 2 aromatic rings. The van der Waals surface area contributed by atoms with Crippen LogP contribution in [0.25, 0.3) is 10.7 Å². The minimum atomic E-state index is 0.385. The molecule has 0 radical (unpaired) electrons. The highest BCUT2D eigenvalue weighted by molar-refractivity contribution is 9.13. The second kappa shape index (κ2) is 4.90. The Hall–Kier alpha value is 0.320. The minimum absolute atomic E-state index is 0.385. The van der Waals surface area contributed by atoms with Crippen LogP contribution in [-0.4, -0.2) is 9.97 Å². The van der Waals surface area contributed by atoms with Gasteiger partial charge in [-0.3, -0.25) is 0 Å². The summed E-state index contributed by atoms with van der Waals surface area (Å²) in [5, 5.41) is 0.770. The summed E-state index contributed by atoms with van der Waals surface area (Å²) in [6.07, 6.45) is 0. The maximum Gasteiger partial charge on any atom is 0.172 e. The molecule has 0 bridgehead atoms. The Kier molecular flexibility index (Phi) is 3.91. The summed E-state index contributed by atoms with van der Waals surface area (Å²) in [4.78, 5) is 9.30. The van der Waals surface area contributed by atoms with Crippen molar-refractivity contribution in [3.05, 3.63) is 30.2 Å². The first-order chi connectivity index (χ1) is 7.49. The molecule has 0 aliphatic rings. The zero-order valence-electron chi connectivity index (χ0n) is 7.89. The van der Waals surface area contributed by atoms with E-state index in [4.69, 9.17) is 23.2 Å². The van der Waals surface area contributed by atoms with Crippen molar-refractivity contribution in [2.75, 3.05) is 0 Å². The highest BCUT2D eigenvalue weighted by Gasteiger charge is 2.12. The van der Waals surface area contributed by atoms with Gasteiger partial charge in [0.05, 0.1) is 8.66 Å². The van der Waals surface area contributed by atoms with E-state index >= 15 is 0 Å². The number of thiophene rings is 1. The maximum absolute atomic E-state index is 5.96. The normalized spacial score (nSPS) is 10.8. The van der Waals surface area contributed by atoms with E-state index in [0.29, 0.717) is 21.7 Å². The van der Waals surface area contributed by atoms with Gasteiger partial charge in [-0.2, -0.15) is 0 Å². The lowest BCUT2D eigenvalue weighted by Crippen LogP contribution is -1.92. The molecule has 16 heavy (non-hydrogen) atoms. The molecule has 0 aliphatic heterocycles. The van der Waals surface area contributed by atoms with Gasteiger partial charge in [0.1, 0.15) is 10.3 Å². The number of aromatic nitrogens is 2. The summed E-state index contributed by atoms with van der Waals surface area (Å²) >= 11 is 20.3. The SMILES string of the molecule is Cc1c(Cl)nc(-c2cc(Br)c(Br)s2)nc1Cl. The molecule has 0 saturated heterocycles. The van der Waals surface area contributed by atoms with Gasteiger partial charge in [0.2, 0.25) is 0 Å². The fourth-order valence-corrected chi connectivity index (χ4v) is 3.39. The van der Waals surface area contributed by atoms with Gasteiger partial charge in [0.25, 0.3) is 0 Å². The van der Waals surface area contributed by atoms with E-state index in [1.165, 1.54) is 11.3 Å². The summed E-state index contributed by atoms with van der Waals surface area (Å²) in [6.45, 7) is 1.79. The largest absolute Gasteiger partial charge is 0.215 e. The zero-order valence-corrected chi connectivity index (χ0v) is 13.4. The van der Waals surface area contributed by atoms with Crippen LogP contribution < -0.4 is 0 Å². The van der Waals surface area contributed by atoms with Gasteiger partial charge in [-0.1, -0.05) is 23.2 Å². The van der Waals surface area contributed by atoms with Crippen LogP contribution in [0.3, 0.4) is 0 Å². The third-order valence-electron chi connectivity index (χ3n) is 1.89. The molecule has 84 valence electrons. The molecule has 0 unspecified atom stereocenters. The Morgan fingerprint density at radius 3 is 2.19 bits per heavy atom. The van der Waals surface area contributed by atoms with E-state index in [1.54, 1.807) is 6.92 Å². The molecule has 0 aliphatic carbocycles. The molecule has 2 rings (SSSR count). The van der Waals surface area contributed by atoms with Gasteiger partial charge in [-0.15, -0.1) is 11.3 Å². The molecule has 0 atom stereocenters. The molecule has 2 nitrogen and oxygen atoms in total. The topological polar surface area (TPSA) is 25.8 Å². The van der Waals surface area contributed by atoms with Crippen molar-refractivity contribution in [2.45, 2.75) is 6.92 Å². The molecule has 7 heteroatoms. The van der Waals surface area contributed by atoms with Crippen LogP contribution in [0, 0.1) is 6.92 Å². The lowest BCUT2D eigenvalue weighted by Gasteiger charge is -2.02. The quantitative estimate of drug-likeness (QED) is 0.601. The van der Waals surface area contributed by atoms with Gasteiger partial charge in [0, 0.05) is 10.0 Å². The average Bonchev–Trinajstić information content (AvgIpc) is 2.55. The number of nitrogens with zero attached hydrogens (tertiary/aromatic N) is 2. The molecule has 0 N–H and O–H groups in total. The van der Waals surface area contributed by atoms with E-state index < -0.39 is 0 Å². The van der Waals surface area contributed by atoms with Gasteiger partial charge >= 0.3 is 0 Å². The molecule has 0 aromatic carbocycles. The first-order valence-electron chi connectivity index (χ1n) is 4.14. The number of hydrogen-bond acceptors (Lipinski definition) is 3. The lowest BCUT2D eigenvalue weighted by molar-refractivity contribution is 1.15. The average molecular weight is 403 g/mol. The number of hydrogen-bond donors (Lipinski definition) is 0. The molecule has 0 amide bonds. The first-order valence-corrected chi connectivity index (χ1v) is 7.29. The second-order valence-corrected chi connectivity index (χ2v) is 6.93. The molecular formula is C9H4Br2Cl2N2S. The van der Waals surface area contributed by atoms with E-state index in [1.807, 2.05) is 6.07 Å². The molecule has 0 spiro atoms. The highest BCUT2D eigenvalue weighted by atomic mass is 79.9. The Bertz CT molecular complexity index is 514. The Labute approximate surface area is 123 Å². The van der Waals surface area contributed by atoms with E-state index in [0.717, 1.165) is 13.1 Å². The highest BCUT2D eigenvalue weighted by Crippen LogP contribution is 2.37. The molecule has 2 aromatic heterocycles. The van der Waals surface area contributed by atoms with Gasteiger partial charge in [0.15, 0.2) is 5.82 Å². The van der Waals surface area contributed by atoms with E-state index in [2.05, 4.69) is 41.8 Å². The van der Waals surface area contributed by atoms with Crippen molar-refractivity contribution in [1.82, 2.24) is 9.97 Å². The van der Waals surface area contributed by atoms with Crippen molar-refractivity contribution >= 4 is 66.4 Å². The fourth-order valence-electron chi connectivity index (χ4n) is 1.03. The van der Waals surface area contributed by atoms with Crippen molar-refractivity contribution in [1.29, 1.82) is 0 Å². The number of rotatable bonds is 1. The third kappa shape index (κ3) is 2.43. The molecular weight excluding hydrogens is 399 g/mol. The van der Waals surface area contributed by atoms with Crippen LogP contribution in [0.15, 0.2) is 14.3 Å². The summed E-state index contributed by atoms with van der Waals surface area (Å²) < 4.78 is 1.95. The Morgan fingerprint density at radius 2 is 1.75 bits per heavy atom. The van der Waals surface area contributed by atoms with Crippen molar-refractivity contribution in [2.24, 2.45) is 0 Å². The van der Waals surface area contributed by atoms with Crippen LogP contribution in [0.2, 0.25) is 10.3 Å². The molecule has 0 fully saturated rings. The van der Waals surface area contributed by atoms with Gasteiger partial charge in [-0.25, -0.2) is 9.97 Å². The van der Waals surface area contributed by atoms with Crippen molar-refractivity contribution < 1.29 is 0 Å². The number of halogens is 4. The Balaban J connectivity index is 2.56. The van der Waals surface area contributed by atoms with Crippen molar-refractivity contribution in [3.8, 4) is 10.7 Å². The molecule has 2 heterocycles. The smallest absolute Gasteiger partial charge is 0.172 e. The van der Waals surface area contributed by atoms with Crippen LogP contribution >= 0.6 is 66.4 Å². The van der Waals surface area contributed by atoms with Crippen LogP contribution in [0.4, 0.5) is 0 Å². The lowest BCUT2D eigenvalue weighted by atomic mass is 10.3. The maximum atomic E-state index is 5.96. The first kappa shape index (κ1) is 12.8. The molecule has 0 saturated carbocycles. The standard InChI is InChI=1S/C9H4Br2Cl2N2S/c1-3-7(12)14-9(15-8(3)13)5-2-4(10)6(11)16-5/h2H,1H3. The van der Waals surface area contributed by atoms with Crippen LogP contribution in [0.5, 0.6) is 0 Å². The summed E-state index contributed by atoms with van der Waals surface area (Å²) in [6, 6.07) is 1.92. The summed E-state index contributed by atoms with van der Waals surface area (Å²) in [5.41, 5.74) is 0.696. The van der Waals surface area contributed by atoms with Gasteiger partial charge < -0.3 is 0 Å². The zero-order chi connectivity index (χ0) is 11.9. The predicted molar refractivity (Wildman–Crippen MR) is 75.5 cm³/mol.